The quantitative estimate of drug-likeness (QED) is 0.862. The minimum absolute atomic E-state index is 0.620. The van der Waals surface area contributed by atoms with Gasteiger partial charge >= 0.3 is 0 Å². The van der Waals surface area contributed by atoms with Crippen LogP contribution >= 0.6 is 0 Å². The minimum Gasteiger partial charge on any atom is -0.354 e. The zero-order chi connectivity index (χ0) is 12.8. The average Bonchev–Trinajstić information content (AvgIpc) is 2.45. The molecule has 1 N–H and O–H groups in total. The van der Waals surface area contributed by atoms with Crippen molar-refractivity contribution in [3.8, 4) is 6.07 Å². The van der Waals surface area contributed by atoms with E-state index in [1.165, 1.54) is 0 Å². The van der Waals surface area contributed by atoms with Gasteiger partial charge in [0.15, 0.2) is 5.82 Å². The SMILES string of the molecule is CCNCC1CCN(c2nnccc2C#N)CC1. The minimum atomic E-state index is 0.620. The Bertz CT molecular complexity index is 418. The van der Waals surface area contributed by atoms with Crippen LogP contribution in [0.2, 0.25) is 0 Å². The molecule has 96 valence electrons. The zero-order valence-corrected chi connectivity index (χ0v) is 10.8. The molecule has 0 spiro atoms. The van der Waals surface area contributed by atoms with Gasteiger partial charge in [0.2, 0.25) is 0 Å². The molecule has 18 heavy (non-hydrogen) atoms. The molecular weight excluding hydrogens is 226 g/mol. The van der Waals surface area contributed by atoms with E-state index in [1.807, 2.05) is 0 Å². The summed E-state index contributed by atoms with van der Waals surface area (Å²) >= 11 is 0. The van der Waals surface area contributed by atoms with E-state index in [1.54, 1.807) is 12.3 Å². The number of hydrogen-bond acceptors (Lipinski definition) is 5. The van der Waals surface area contributed by atoms with Gasteiger partial charge in [0.05, 0.1) is 11.8 Å². The number of rotatable bonds is 4. The Balaban J connectivity index is 1.95. The van der Waals surface area contributed by atoms with Gasteiger partial charge in [-0.2, -0.15) is 10.4 Å². The lowest BCUT2D eigenvalue weighted by Gasteiger charge is -2.32. The molecule has 1 fully saturated rings. The fourth-order valence-electron chi connectivity index (χ4n) is 2.34. The van der Waals surface area contributed by atoms with Crippen molar-refractivity contribution in [1.29, 1.82) is 5.26 Å². The topological polar surface area (TPSA) is 64.8 Å². The summed E-state index contributed by atoms with van der Waals surface area (Å²) in [5.41, 5.74) is 0.620. The Morgan fingerprint density at radius 1 is 1.50 bits per heavy atom. The highest BCUT2D eigenvalue weighted by Crippen LogP contribution is 2.23. The lowest BCUT2D eigenvalue weighted by atomic mass is 9.96. The number of hydrogen-bond donors (Lipinski definition) is 1. The molecule has 1 aromatic heterocycles. The second kappa shape index (κ2) is 6.31. The van der Waals surface area contributed by atoms with Crippen LogP contribution in [0.5, 0.6) is 0 Å². The first kappa shape index (κ1) is 12.8. The molecular formula is C13H19N5. The van der Waals surface area contributed by atoms with Crippen molar-refractivity contribution in [2.75, 3.05) is 31.1 Å². The van der Waals surface area contributed by atoms with Crippen molar-refractivity contribution in [3.05, 3.63) is 17.8 Å². The molecule has 0 unspecified atom stereocenters. The molecule has 1 aliphatic heterocycles. The number of anilines is 1. The van der Waals surface area contributed by atoms with Crippen molar-refractivity contribution in [3.63, 3.8) is 0 Å². The molecule has 5 nitrogen and oxygen atoms in total. The second-order valence-electron chi connectivity index (χ2n) is 4.62. The fourth-order valence-corrected chi connectivity index (χ4v) is 2.34. The third-order valence-corrected chi connectivity index (χ3v) is 3.42. The smallest absolute Gasteiger partial charge is 0.169 e. The molecule has 1 aliphatic rings. The Morgan fingerprint density at radius 3 is 2.94 bits per heavy atom. The van der Waals surface area contributed by atoms with Crippen LogP contribution in [0, 0.1) is 17.2 Å². The molecule has 1 aromatic rings. The van der Waals surface area contributed by atoms with E-state index in [-0.39, 0.29) is 0 Å². The van der Waals surface area contributed by atoms with Crippen molar-refractivity contribution in [2.45, 2.75) is 19.8 Å². The summed E-state index contributed by atoms with van der Waals surface area (Å²) in [6.45, 7) is 6.18. The van der Waals surface area contributed by atoms with Crippen molar-refractivity contribution in [2.24, 2.45) is 5.92 Å². The van der Waals surface area contributed by atoms with E-state index in [9.17, 15) is 0 Å². The lowest BCUT2D eigenvalue weighted by Crippen LogP contribution is -2.38. The van der Waals surface area contributed by atoms with Gasteiger partial charge in [-0.3, -0.25) is 0 Å². The summed E-state index contributed by atoms with van der Waals surface area (Å²) in [5.74, 6) is 1.48. The fraction of sp³-hybridized carbons (Fsp3) is 0.615. The maximum Gasteiger partial charge on any atom is 0.169 e. The summed E-state index contributed by atoms with van der Waals surface area (Å²) < 4.78 is 0. The average molecular weight is 245 g/mol. The normalized spacial score (nSPS) is 16.6. The molecule has 0 radical (unpaired) electrons. The summed E-state index contributed by atoms with van der Waals surface area (Å²) in [6.07, 6.45) is 3.86. The molecule has 0 aromatic carbocycles. The molecule has 0 aliphatic carbocycles. The predicted octanol–water partition coefficient (Wildman–Crippen LogP) is 1.17. The highest BCUT2D eigenvalue weighted by atomic mass is 15.3. The van der Waals surface area contributed by atoms with Crippen LogP contribution in [0.15, 0.2) is 12.3 Å². The van der Waals surface area contributed by atoms with E-state index in [4.69, 9.17) is 5.26 Å². The molecule has 0 amide bonds. The van der Waals surface area contributed by atoms with Gasteiger partial charge in [-0.05, 0) is 37.9 Å². The van der Waals surface area contributed by atoms with Crippen LogP contribution in [0.1, 0.15) is 25.3 Å². The van der Waals surface area contributed by atoms with E-state index in [0.717, 1.165) is 50.8 Å². The van der Waals surface area contributed by atoms with Crippen LogP contribution in [0.25, 0.3) is 0 Å². The predicted molar refractivity (Wildman–Crippen MR) is 70.2 cm³/mol. The highest BCUT2D eigenvalue weighted by molar-refractivity contribution is 5.52. The van der Waals surface area contributed by atoms with Gasteiger partial charge in [0.1, 0.15) is 6.07 Å². The number of nitrogens with zero attached hydrogens (tertiary/aromatic N) is 4. The summed E-state index contributed by atoms with van der Waals surface area (Å²) in [5, 5.41) is 20.4. The van der Waals surface area contributed by atoms with Gasteiger partial charge < -0.3 is 10.2 Å². The summed E-state index contributed by atoms with van der Waals surface area (Å²) in [4.78, 5) is 2.17. The van der Waals surface area contributed by atoms with Crippen LogP contribution < -0.4 is 10.2 Å². The van der Waals surface area contributed by atoms with Crippen LogP contribution in [0.4, 0.5) is 5.82 Å². The number of nitriles is 1. The first-order chi connectivity index (χ1) is 8.85. The molecule has 0 bridgehead atoms. The van der Waals surface area contributed by atoms with E-state index in [0.29, 0.717) is 5.56 Å². The largest absolute Gasteiger partial charge is 0.354 e. The Labute approximate surface area is 108 Å². The van der Waals surface area contributed by atoms with E-state index >= 15 is 0 Å². The van der Waals surface area contributed by atoms with Gasteiger partial charge in [-0.1, -0.05) is 6.92 Å². The third-order valence-electron chi connectivity index (χ3n) is 3.42. The van der Waals surface area contributed by atoms with Gasteiger partial charge in [-0.25, -0.2) is 0 Å². The number of nitrogens with one attached hydrogen (secondary N) is 1. The zero-order valence-electron chi connectivity index (χ0n) is 10.8. The first-order valence-corrected chi connectivity index (χ1v) is 6.52. The third kappa shape index (κ3) is 2.96. The highest BCUT2D eigenvalue weighted by Gasteiger charge is 2.21. The monoisotopic (exact) mass is 245 g/mol. The second-order valence-corrected chi connectivity index (χ2v) is 4.62. The number of aromatic nitrogens is 2. The van der Waals surface area contributed by atoms with Crippen molar-refractivity contribution in [1.82, 2.24) is 15.5 Å². The van der Waals surface area contributed by atoms with Crippen LogP contribution in [0.3, 0.4) is 0 Å². The lowest BCUT2D eigenvalue weighted by molar-refractivity contribution is 0.385. The Hall–Kier alpha value is -1.67. The first-order valence-electron chi connectivity index (χ1n) is 6.52. The maximum absolute atomic E-state index is 9.06. The number of piperidine rings is 1. The van der Waals surface area contributed by atoms with E-state index < -0.39 is 0 Å². The van der Waals surface area contributed by atoms with Crippen molar-refractivity contribution >= 4 is 5.82 Å². The summed E-state index contributed by atoms with van der Waals surface area (Å²) in [6, 6.07) is 3.91. The van der Waals surface area contributed by atoms with Gasteiger partial charge in [-0.15, -0.1) is 5.10 Å². The molecule has 5 heteroatoms. The molecule has 1 saturated heterocycles. The van der Waals surface area contributed by atoms with E-state index in [2.05, 4.69) is 33.4 Å². The molecule has 0 atom stereocenters. The molecule has 2 rings (SSSR count). The van der Waals surface area contributed by atoms with Crippen LogP contribution in [-0.2, 0) is 0 Å². The van der Waals surface area contributed by atoms with Crippen LogP contribution in [-0.4, -0.2) is 36.4 Å². The maximum atomic E-state index is 9.06. The Kier molecular flexibility index (Phi) is 4.48. The van der Waals surface area contributed by atoms with Gasteiger partial charge in [0, 0.05) is 13.1 Å². The molecule has 2 heterocycles. The standard InChI is InChI=1S/C13H19N5/c1-2-15-10-11-4-7-18(8-5-11)13-12(9-14)3-6-16-17-13/h3,6,11,15H,2,4-5,7-8,10H2,1H3. The molecule has 0 saturated carbocycles. The summed E-state index contributed by atoms with van der Waals surface area (Å²) in [7, 11) is 0. The van der Waals surface area contributed by atoms with Crippen molar-refractivity contribution < 1.29 is 0 Å². The Morgan fingerprint density at radius 2 is 2.28 bits per heavy atom. The van der Waals surface area contributed by atoms with Gasteiger partial charge in [0.25, 0.3) is 0 Å².